The van der Waals surface area contributed by atoms with Crippen molar-refractivity contribution in [3.8, 4) is 0 Å². The Morgan fingerprint density at radius 1 is 1.33 bits per heavy atom. The van der Waals surface area contributed by atoms with E-state index in [0.717, 1.165) is 30.1 Å². The monoisotopic (exact) mass is 308 g/mol. The van der Waals surface area contributed by atoms with Gasteiger partial charge in [0.15, 0.2) is 0 Å². The number of nitrogens with one attached hydrogen (secondary N) is 1. The van der Waals surface area contributed by atoms with E-state index in [-0.39, 0.29) is 5.56 Å². The molecule has 116 valence electrons. The van der Waals surface area contributed by atoms with E-state index in [0.29, 0.717) is 0 Å². The van der Waals surface area contributed by atoms with Crippen molar-refractivity contribution in [1.82, 2.24) is 4.90 Å². The number of carbonyl (C=O) groups is 2. The number of benzene rings is 1. The Kier molecular flexibility index (Phi) is 5.12. The first-order valence-corrected chi connectivity index (χ1v) is 5.72. The predicted molar refractivity (Wildman–Crippen MR) is 65.7 cm³/mol. The fourth-order valence-corrected chi connectivity index (χ4v) is 1.36. The molecule has 9 heteroatoms. The Balaban J connectivity index is 2.74. The van der Waals surface area contributed by atoms with Crippen LogP contribution in [0.1, 0.15) is 16.8 Å². The summed E-state index contributed by atoms with van der Waals surface area (Å²) < 4.78 is 49.5. The Bertz CT molecular complexity index is 546. The van der Waals surface area contributed by atoms with Gasteiger partial charge < -0.3 is 15.3 Å². The highest BCUT2D eigenvalue weighted by Crippen LogP contribution is 2.20. The molecule has 2 amide bonds. The third-order valence-electron chi connectivity index (χ3n) is 2.53. The molecule has 2 N–H and O–H groups in total. The van der Waals surface area contributed by atoms with Gasteiger partial charge in [-0.1, -0.05) is 0 Å². The van der Waals surface area contributed by atoms with Crippen LogP contribution in [-0.2, 0) is 0 Å². The van der Waals surface area contributed by atoms with Crippen LogP contribution in [0.15, 0.2) is 18.2 Å². The molecule has 5 nitrogen and oxygen atoms in total. The summed E-state index contributed by atoms with van der Waals surface area (Å²) in [5.41, 5.74) is -0.677. The van der Waals surface area contributed by atoms with Crippen LogP contribution in [0.25, 0.3) is 0 Å². The molecule has 0 spiro atoms. The van der Waals surface area contributed by atoms with Gasteiger partial charge in [-0.3, -0.25) is 0 Å². The predicted octanol–water partition coefficient (Wildman–Crippen LogP) is 2.94. The van der Waals surface area contributed by atoms with E-state index in [9.17, 15) is 27.2 Å². The minimum absolute atomic E-state index is 0.260. The molecule has 21 heavy (non-hydrogen) atoms. The number of carbonyl (C=O) groups excluding carboxylic acids is 1. The minimum atomic E-state index is -4.41. The van der Waals surface area contributed by atoms with Crippen LogP contribution in [0.4, 0.5) is 28.0 Å². The van der Waals surface area contributed by atoms with Crippen molar-refractivity contribution in [1.29, 1.82) is 0 Å². The largest absolute Gasteiger partial charge is 0.478 e. The molecule has 0 heterocycles. The van der Waals surface area contributed by atoms with Gasteiger partial charge in [-0.15, -0.1) is 0 Å². The Morgan fingerprint density at radius 2 is 1.95 bits per heavy atom. The number of amides is 2. The van der Waals surface area contributed by atoms with Crippen molar-refractivity contribution >= 4 is 17.7 Å². The van der Waals surface area contributed by atoms with Gasteiger partial charge in [-0.25, -0.2) is 14.0 Å². The van der Waals surface area contributed by atoms with Crippen LogP contribution < -0.4 is 5.32 Å². The van der Waals surface area contributed by atoms with Crippen LogP contribution in [0.3, 0.4) is 0 Å². The summed E-state index contributed by atoms with van der Waals surface area (Å²) in [6, 6.07) is 1.75. The van der Waals surface area contributed by atoms with E-state index in [1.54, 1.807) is 0 Å². The fourth-order valence-electron chi connectivity index (χ4n) is 1.36. The Labute approximate surface area is 117 Å². The Hall–Kier alpha value is -2.32. The van der Waals surface area contributed by atoms with E-state index >= 15 is 0 Å². The third kappa shape index (κ3) is 5.28. The van der Waals surface area contributed by atoms with Crippen LogP contribution >= 0.6 is 0 Å². The summed E-state index contributed by atoms with van der Waals surface area (Å²) >= 11 is 0. The maximum Gasteiger partial charge on any atom is 0.390 e. The van der Waals surface area contributed by atoms with Crippen molar-refractivity contribution in [2.24, 2.45) is 0 Å². The van der Waals surface area contributed by atoms with Gasteiger partial charge in [0, 0.05) is 13.6 Å². The van der Waals surface area contributed by atoms with Crippen LogP contribution in [0.2, 0.25) is 0 Å². The number of rotatable bonds is 4. The SMILES string of the molecule is CN(CCC(F)(F)F)C(=O)Nc1cc(C(=O)O)ccc1F. The summed E-state index contributed by atoms with van der Waals surface area (Å²) in [4.78, 5) is 23.0. The number of nitrogens with zero attached hydrogens (tertiary/aromatic N) is 1. The molecule has 1 aromatic rings. The standard InChI is InChI=1S/C12H12F4N2O3/c1-18(5-4-12(14,15)16)11(21)17-9-6-7(10(19)20)2-3-8(9)13/h2-3,6H,4-5H2,1H3,(H,17,21)(H,19,20). The molecule has 0 bridgehead atoms. The smallest absolute Gasteiger partial charge is 0.390 e. The van der Waals surface area contributed by atoms with E-state index in [4.69, 9.17) is 5.11 Å². The fraction of sp³-hybridized carbons (Fsp3) is 0.333. The van der Waals surface area contributed by atoms with Gasteiger partial charge in [0.05, 0.1) is 17.7 Å². The molecule has 0 unspecified atom stereocenters. The molecule has 0 aliphatic heterocycles. The number of aromatic carboxylic acids is 1. The number of anilines is 1. The van der Waals surface area contributed by atoms with Crippen molar-refractivity contribution in [3.05, 3.63) is 29.6 Å². The number of alkyl halides is 3. The van der Waals surface area contributed by atoms with Gasteiger partial charge in [0.25, 0.3) is 0 Å². The van der Waals surface area contributed by atoms with Crippen molar-refractivity contribution in [2.45, 2.75) is 12.6 Å². The number of carboxylic acids is 1. The molecule has 0 aliphatic carbocycles. The van der Waals surface area contributed by atoms with E-state index in [1.807, 2.05) is 5.32 Å². The van der Waals surface area contributed by atoms with Crippen molar-refractivity contribution in [2.75, 3.05) is 18.9 Å². The lowest BCUT2D eigenvalue weighted by molar-refractivity contribution is -0.135. The first-order chi connectivity index (χ1) is 9.60. The van der Waals surface area contributed by atoms with E-state index in [2.05, 4.69) is 0 Å². The second kappa shape index (κ2) is 6.42. The number of halogens is 4. The molecule has 1 aromatic carbocycles. The maximum atomic E-state index is 13.4. The first kappa shape index (κ1) is 16.7. The molecular weight excluding hydrogens is 296 g/mol. The molecule has 0 atom stereocenters. The molecular formula is C12H12F4N2O3. The van der Waals surface area contributed by atoms with Crippen molar-refractivity contribution in [3.63, 3.8) is 0 Å². The van der Waals surface area contributed by atoms with E-state index in [1.165, 1.54) is 0 Å². The van der Waals surface area contributed by atoms with Gasteiger partial charge in [0.1, 0.15) is 5.82 Å². The number of carboxylic acid groups (broad SMARTS) is 1. The summed E-state index contributed by atoms with van der Waals surface area (Å²) in [5, 5.41) is 10.8. The zero-order chi connectivity index (χ0) is 16.2. The van der Waals surface area contributed by atoms with Gasteiger partial charge >= 0.3 is 18.2 Å². The lowest BCUT2D eigenvalue weighted by atomic mass is 10.2. The van der Waals surface area contributed by atoms with Crippen LogP contribution in [0.5, 0.6) is 0 Å². The highest BCUT2D eigenvalue weighted by atomic mass is 19.4. The number of urea groups is 1. The van der Waals surface area contributed by atoms with Crippen molar-refractivity contribution < 1.29 is 32.3 Å². The summed E-state index contributed by atoms with van der Waals surface area (Å²) in [6.07, 6.45) is -5.61. The zero-order valence-electron chi connectivity index (χ0n) is 10.9. The van der Waals surface area contributed by atoms with Gasteiger partial charge in [-0.2, -0.15) is 13.2 Å². The highest BCUT2D eigenvalue weighted by molar-refractivity contribution is 5.93. The van der Waals surface area contributed by atoms with Crippen LogP contribution in [0, 0.1) is 5.82 Å². The summed E-state index contributed by atoms with van der Waals surface area (Å²) in [7, 11) is 1.11. The first-order valence-electron chi connectivity index (χ1n) is 5.72. The lowest BCUT2D eigenvalue weighted by Gasteiger charge is -2.19. The molecule has 0 saturated carbocycles. The van der Waals surface area contributed by atoms with E-state index < -0.39 is 42.6 Å². The lowest BCUT2D eigenvalue weighted by Crippen LogP contribution is -2.34. The Morgan fingerprint density at radius 3 is 2.48 bits per heavy atom. The molecule has 0 aliphatic rings. The van der Waals surface area contributed by atoms with Gasteiger partial charge in [-0.05, 0) is 18.2 Å². The second-order valence-corrected chi connectivity index (χ2v) is 4.22. The van der Waals surface area contributed by atoms with Crippen LogP contribution in [-0.4, -0.2) is 41.8 Å². The molecule has 0 radical (unpaired) electrons. The van der Waals surface area contributed by atoms with Gasteiger partial charge in [0.2, 0.25) is 0 Å². The molecule has 1 rings (SSSR count). The average molecular weight is 308 g/mol. The quantitative estimate of drug-likeness (QED) is 0.840. The minimum Gasteiger partial charge on any atom is -0.478 e. The highest BCUT2D eigenvalue weighted by Gasteiger charge is 2.28. The maximum absolute atomic E-state index is 13.4. The average Bonchev–Trinajstić information content (AvgIpc) is 2.37. The molecule has 0 aromatic heterocycles. The molecule has 0 fully saturated rings. The summed E-state index contributed by atoms with van der Waals surface area (Å²) in [6.45, 7) is -0.602. The second-order valence-electron chi connectivity index (χ2n) is 4.22. The normalized spacial score (nSPS) is 11.1. The molecule has 0 saturated heterocycles. The third-order valence-corrected chi connectivity index (χ3v) is 2.53. The number of hydrogen-bond donors (Lipinski definition) is 2. The topological polar surface area (TPSA) is 69.6 Å². The zero-order valence-corrected chi connectivity index (χ0v) is 10.9. The number of hydrogen-bond acceptors (Lipinski definition) is 2. The summed E-state index contributed by atoms with van der Waals surface area (Å²) in [5.74, 6) is -2.21.